The van der Waals surface area contributed by atoms with E-state index in [9.17, 15) is 4.79 Å². The van der Waals surface area contributed by atoms with Crippen molar-refractivity contribution < 1.29 is 19.0 Å². The number of rotatable bonds is 2. The van der Waals surface area contributed by atoms with Gasteiger partial charge in [-0.15, -0.1) is 0 Å². The molecule has 0 aromatic heterocycles. The molecule has 0 saturated heterocycles. The quantitative estimate of drug-likeness (QED) is 0.775. The van der Waals surface area contributed by atoms with Gasteiger partial charge in [-0.1, -0.05) is 24.3 Å². The number of para-hydroxylation sites is 1. The van der Waals surface area contributed by atoms with Gasteiger partial charge >= 0.3 is 5.97 Å². The van der Waals surface area contributed by atoms with Crippen molar-refractivity contribution in [3.8, 4) is 22.6 Å². The zero-order valence-electron chi connectivity index (χ0n) is 10.4. The lowest BCUT2D eigenvalue weighted by Crippen LogP contribution is -2.00. The summed E-state index contributed by atoms with van der Waals surface area (Å²) in [6.07, 6.45) is 0. The first-order valence-electron chi connectivity index (χ1n) is 5.87. The Morgan fingerprint density at radius 1 is 1.16 bits per heavy atom. The Morgan fingerprint density at radius 2 is 2.00 bits per heavy atom. The van der Waals surface area contributed by atoms with Crippen LogP contribution in [0, 0.1) is 0 Å². The van der Waals surface area contributed by atoms with Crippen molar-refractivity contribution in [2.45, 2.75) is 0 Å². The summed E-state index contributed by atoms with van der Waals surface area (Å²) in [6, 6.07) is 12.9. The van der Waals surface area contributed by atoms with Crippen molar-refractivity contribution in [2.75, 3.05) is 13.9 Å². The second kappa shape index (κ2) is 4.65. The van der Waals surface area contributed by atoms with Crippen molar-refractivity contribution in [3.05, 3.63) is 48.0 Å². The van der Waals surface area contributed by atoms with Gasteiger partial charge < -0.3 is 14.2 Å². The summed E-state index contributed by atoms with van der Waals surface area (Å²) >= 11 is 0. The molecule has 0 radical (unpaired) electrons. The number of benzene rings is 2. The predicted molar refractivity (Wildman–Crippen MR) is 69.3 cm³/mol. The molecule has 1 aliphatic heterocycles. The largest absolute Gasteiger partial charge is 0.465 e. The molecule has 1 heterocycles. The Bertz CT molecular complexity index is 634. The molecule has 0 aliphatic carbocycles. The Hall–Kier alpha value is -2.49. The molecule has 2 aromatic carbocycles. The molecule has 0 fully saturated rings. The summed E-state index contributed by atoms with van der Waals surface area (Å²) in [7, 11) is 1.37. The van der Waals surface area contributed by atoms with E-state index in [-0.39, 0.29) is 12.8 Å². The normalized spacial score (nSPS) is 12.3. The third-order valence-corrected chi connectivity index (χ3v) is 2.99. The van der Waals surface area contributed by atoms with Crippen LogP contribution in [0.15, 0.2) is 42.5 Å². The molecule has 0 spiro atoms. The van der Waals surface area contributed by atoms with E-state index in [0.29, 0.717) is 11.3 Å². The van der Waals surface area contributed by atoms with Gasteiger partial charge in [0.1, 0.15) is 0 Å². The Balaban J connectivity index is 2.08. The van der Waals surface area contributed by atoms with Crippen molar-refractivity contribution in [1.29, 1.82) is 0 Å². The number of hydrogen-bond donors (Lipinski definition) is 0. The van der Waals surface area contributed by atoms with Crippen LogP contribution in [-0.4, -0.2) is 19.9 Å². The van der Waals surface area contributed by atoms with Crippen molar-refractivity contribution in [2.24, 2.45) is 0 Å². The van der Waals surface area contributed by atoms with Crippen LogP contribution in [0.25, 0.3) is 11.1 Å². The minimum absolute atomic E-state index is 0.225. The van der Waals surface area contributed by atoms with E-state index in [1.165, 1.54) is 7.11 Å². The fourth-order valence-corrected chi connectivity index (χ4v) is 2.09. The summed E-state index contributed by atoms with van der Waals surface area (Å²) < 4.78 is 15.5. The van der Waals surface area contributed by atoms with Gasteiger partial charge in [-0.3, -0.25) is 0 Å². The summed E-state index contributed by atoms with van der Waals surface area (Å²) in [5.41, 5.74) is 2.31. The molecule has 96 valence electrons. The average molecular weight is 256 g/mol. The van der Waals surface area contributed by atoms with E-state index in [1.807, 2.05) is 30.3 Å². The van der Waals surface area contributed by atoms with Gasteiger partial charge in [0.25, 0.3) is 0 Å². The molecule has 3 rings (SSSR count). The lowest BCUT2D eigenvalue weighted by Gasteiger charge is -2.07. The molecule has 4 heteroatoms. The van der Waals surface area contributed by atoms with Gasteiger partial charge in [-0.05, 0) is 23.8 Å². The summed E-state index contributed by atoms with van der Waals surface area (Å²) in [5.74, 6) is 1.08. The molecule has 0 amide bonds. The molecule has 4 nitrogen and oxygen atoms in total. The van der Waals surface area contributed by atoms with Crippen LogP contribution in [0.3, 0.4) is 0 Å². The van der Waals surface area contributed by atoms with Gasteiger partial charge in [0.2, 0.25) is 6.79 Å². The number of hydrogen-bond acceptors (Lipinski definition) is 4. The van der Waals surface area contributed by atoms with Crippen LogP contribution in [0.2, 0.25) is 0 Å². The van der Waals surface area contributed by atoms with E-state index in [4.69, 9.17) is 14.2 Å². The summed E-state index contributed by atoms with van der Waals surface area (Å²) in [5, 5.41) is 0. The SMILES string of the molecule is COC(=O)c1cccc(-c2cccc3c2OCO3)c1. The maximum Gasteiger partial charge on any atom is 0.337 e. The number of carbonyl (C=O) groups excluding carboxylic acids is 1. The second-order valence-corrected chi connectivity index (χ2v) is 4.11. The van der Waals surface area contributed by atoms with E-state index < -0.39 is 0 Å². The van der Waals surface area contributed by atoms with Crippen LogP contribution in [0.1, 0.15) is 10.4 Å². The van der Waals surface area contributed by atoms with Crippen LogP contribution in [0.4, 0.5) is 0 Å². The highest BCUT2D eigenvalue weighted by atomic mass is 16.7. The Kier molecular flexibility index (Phi) is 2.83. The predicted octanol–water partition coefficient (Wildman–Crippen LogP) is 2.87. The number of methoxy groups -OCH3 is 1. The molecular weight excluding hydrogens is 244 g/mol. The summed E-state index contributed by atoms with van der Waals surface area (Å²) in [6.45, 7) is 0.225. The van der Waals surface area contributed by atoms with E-state index in [1.54, 1.807) is 12.1 Å². The Morgan fingerprint density at radius 3 is 2.84 bits per heavy atom. The van der Waals surface area contributed by atoms with E-state index >= 15 is 0 Å². The highest BCUT2D eigenvalue weighted by molar-refractivity contribution is 5.91. The monoisotopic (exact) mass is 256 g/mol. The first-order valence-corrected chi connectivity index (χ1v) is 5.87. The minimum atomic E-state index is -0.355. The van der Waals surface area contributed by atoms with Gasteiger partial charge in [-0.25, -0.2) is 4.79 Å². The van der Waals surface area contributed by atoms with Crippen molar-refractivity contribution in [3.63, 3.8) is 0 Å². The number of fused-ring (bicyclic) bond motifs is 1. The summed E-state index contributed by atoms with van der Waals surface area (Å²) in [4.78, 5) is 11.6. The van der Waals surface area contributed by atoms with Gasteiger partial charge in [-0.2, -0.15) is 0 Å². The Labute approximate surface area is 110 Å². The average Bonchev–Trinajstić information content (AvgIpc) is 2.94. The molecule has 0 unspecified atom stereocenters. The minimum Gasteiger partial charge on any atom is -0.465 e. The van der Waals surface area contributed by atoms with Crippen molar-refractivity contribution >= 4 is 5.97 Å². The first-order chi connectivity index (χ1) is 9.29. The van der Waals surface area contributed by atoms with Gasteiger partial charge in [0.05, 0.1) is 12.7 Å². The number of carbonyl (C=O) groups is 1. The fourth-order valence-electron chi connectivity index (χ4n) is 2.09. The molecule has 1 aliphatic rings. The topological polar surface area (TPSA) is 44.8 Å². The van der Waals surface area contributed by atoms with Crippen molar-refractivity contribution in [1.82, 2.24) is 0 Å². The second-order valence-electron chi connectivity index (χ2n) is 4.11. The molecule has 2 aromatic rings. The van der Waals surface area contributed by atoms with Crippen LogP contribution >= 0.6 is 0 Å². The van der Waals surface area contributed by atoms with Crippen LogP contribution < -0.4 is 9.47 Å². The van der Waals surface area contributed by atoms with Gasteiger partial charge in [0, 0.05) is 5.56 Å². The van der Waals surface area contributed by atoms with E-state index in [0.717, 1.165) is 16.9 Å². The van der Waals surface area contributed by atoms with Gasteiger partial charge in [0.15, 0.2) is 11.5 Å². The smallest absolute Gasteiger partial charge is 0.337 e. The highest BCUT2D eigenvalue weighted by Crippen LogP contribution is 2.41. The molecule has 19 heavy (non-hydrogen) atoms. The maximum atomic E-state index is 11.6. The standard InChI is InChI=1S/C15H12O4/c1-17-15(16)11-5-2-4-10(8-11)12-6-3-7-13-14(12)19-9-18-13/h2-8H,9H2,1H3. The fraction of sp³-hybridized carbons (Fsp3) is 0.133. The lowest BCUT2D eigenvalue weighted by atomic mass is 10.0. The lowest BCUT2D eigenvalue weighted by molar-refractivity contribution is 0.0601. The first kappa shape index (κ1) is 11.6. The molecular formula is C15H12O4. The van der Waals surface area contributed by atoms with E-state index in [2.05, 4.69) is 0 Å². The van der Waals surface area contributed by atoms with Crippen LogP contribution in [0.5, 0.6) is 11.5 Å². The molecule has 0 bridgehead atoms. The third kappa shape index (κ3) is 2.01. The third-order valence-electron chi connectivity index (χ3n) is 2.99. The zero-order valence-corrected chi connectivity index (χ0v) is 10.4. The molecule has 0 saturated carbocycles. The number of esters is 1. The molecule has 0 N–H and O–H groups in total. The molecule has 0 atom stereocenters. The zero-order chi connectivity index (χ0) is 13.2. The highest BCUT2D eigenvalue weighted by Gasteiger charge is 2.18. The number of ether oxygens (including phenoxy) is 3. The maximum absolute atomic E-state index is 11.6. The van der Waals surface area contributed by atoms with Crippen LogP contribution in [-0.2, 0) is 4.74 Å².